The molecule has 0 bridgehead atoms. The number of alkyl halides is 3. The highest BCUT2D eigenvalue weighted by Crippen LogP contribution is 2.32. The quantitative estimate of drug-likeness (QED) is 0.797. The fourth-order valence-electron chi connectivity index (χ4n) is 3.02. The molecule has 0 spiro atoms. The van der Waals surface area contributed by atoms with Crippen LogP contribution >= 0.6 is 24.8 Å². The second-order valence-electron chi connectivity index (χ2n) is 6.00. The SMILES string of the molecule is CC1CC(CN)CN1C(=O)CNC(c1ccccc1)C(F)(F)F.Cl.Cl. The second-order valence-corrected chi connectivity index (χ2v) is 6.00. The molecule has 1 amide bonds. The molecule has 0 radical (unpaired) electrons. The van der Waals surface area contributed by atoms with Crippen LogP contribution in [0.3, 0.4) is 0 Å². The zero-order chi connectivity index (χ0) is 17.0. The second kappa shape index (κ2) is 10.2. The Balaban J connectivity index is 0.00000288. The van der Waals surface area contributed by atoms with Crippen LogP contribution in [0.15, 0.2) is 30.3 Å². The summed E-state index contributed by atoms with van der Waals surface area (Å²) < 4.78 is 39.7. The maximum atomic E-state index is 13.2. The van der Waals surface area contributed by atoms with Crippen molar-refractivity contribution in [1.82, 2.24) is 10.2 Å². The smallest absolute Gasteiger partial charge is 0.339 e. The van der Waals surface area contributed by atoms with Gasteiger partial charge in [-0.1, -0.05) is 30.3 Å². The highest BCUT2D eigenvalue weighted by molar-refractivity contribution is 5.85. The van der Waals surface area contributed by atoms with E-state index < -0.39 is 12.2 Å². The van der Waals surface area contributed by atoms with Gasteiger partial charge in [0.1, 0.15) is 6.04 Å². The number of likely N-dealkylation sites (tertiary alicyclic amines) is 1. The first-order valence-electron chi connectivity index (χ1n) is 7.67. The lowest BCUT2D eigenvalue weighted by Gasteiger charge is -2.25. The Morgan fingerprint density at radius 1 is 1.32 bits per heavy atom. The molecule has 0 aromatic heterocycles. The minimum atomic E-state index is -4.46. The van der Waals surface area contributed by atoms with Crippen LogP contribution in [0, 0.1) is 5.92 Å². The Kier molecular flexibility index (Phi) is 9.79. The molecule has 9 heteroatoms. The van der Waals surface area contributed by atoms with E-state index in [2.05, 4.69) is 5.32 Å². The van der Waals surface area contributed by atoms with E-state index >= 15 is 0 Å². The van der Waals surface area contributed by atoms with E-state index in [1.807, 2.05) is 6.92 Å². The highest BCUT2D eigenvalue weighted by Gasteiger charge is 2.41. The topological polar surface area (TPSA) is 58.4 Å². The molecule has 1 aromatic rings. The molecule has 1 aromatic carbocycles. The zero-order valence-corrected chi connectivity index (χ0v) is 15.5. The van der Waals surface area contributed by atoms with E-state index in [0.717, 1.165) is 6.42 Å². The molecule has 1 aliphatic heterocycles. The molecule has 4 nitrogen and oxygen atoms in total. The molecule has 0 saturated carbocycles. The maximum Gasteiger partial charge on any atom is 0.407 e. The van der Waals surface area contributed by atoms with E-state index in [-0.39, 0.29) is 54.8 Å². The van der Waals surface area contributed by atoms with Gasteiger partial charge in [-0.05, 0) is 31.4 Å². The van der Waals surface area contributed by atoms with Gasteiger partial charge in [0.15, 0.2) is 0 Å². The number of nitrogens with zero attached hydrogens (tertiary/aromatic N) is 1. The Morgan fingerprint density at radius 3 is 2.40 bits per heavy atom. The molecule has 1 saturated heterocycles. The predicted molar refractivity (Wildman–Crippen MR) is 96.1 cm³/mol. The van der Waals surface area contributed by atoms with Gasteiger partial charge in [-0.25, -0.2) is 0 Å². The van der Waals surface area contributed by atoms with Crippen LogP contribution in [0.4, 0.5) is 13.2 Å². The van der Waals surface area contributed by atoms with E-state index in [4.69, 9.17) is 5.73 Å². The molecule has 1 heterocycles. The molecule has 0 aliphatic carbocycles. The van der Waals surface area contributed by atoms with Gasteiger partial charge in [-0.15, -0.1) is 24.8 Å². The lowest BCUT2D eigenvalue weighted by molar-refractivity contribution is -0.159. The first-order valence-corrected chi connectivity index (χ1v) is 7.67. The molecule has 1 fully saturated rings. The van der Waals surface area contributed by atoms with E-state index in [1.165, 1.54) is 12.1 Å². The van der Waals surface area contributed by atoms with Gasteiger partial charge in [0, 0.05) is 12.6 Å². The number of rotatable bonds is 5. The number of hydrogen-bond acceptors (Lipinski definition) is 3. The number of carbonyl (C=O) groups is 1. The van der Waals surface area contributed by atoms with Crippen LogP contribution in [0.1, 0.15) is 24.9 Å². The number of carbonyl (C=O) groups excluding carboxylic acids is 1. The van der Waals surface area contributed by atoms with Gasteiger partial charge >= 0.3 is 6.18 Å². The van der Waals surface area contributed by atoms with Crippen LogP contribution in [-0.2, 0) is 4.79 Å². The van der Waals surface area contributed by atoms with Gasteiger partial charge in [0.2, 0.25) is 5.91 Å². The first-order chi connectivity index (χ1) is 10.8. The number of nitrogens with two attached hydrogens (primary N) is 1. The largest absolute Gasteiger partial charge is 0.407 e. The predicted octanol–water partition coefficient (Wildman–Crippen LogP) is 2.92. The van der Waals surface area contributed by atoms with Crippen LogP contribution in [0.5, 0.6) is 0 Å². The Labute approximate surface area is 158 Å². The maximum absolute atomic E-state index is 13.2. The average molecular weight is 402 g/mol. The first kappa shape index (κ1) is 24.0. The van der Waals surface area contributed by atoms with Crippen LogP contribution in [0.2, 0.25) is 0 Å². The van der Waals surface area contributed by atoms with Crippen molar-refractivity contribution in [2.45, 2.75) is 31.6 Å². The molecule has 3 N–H and O–H groups in total. The van der Waals surface area contributed by atoms with Crippen molar-refractivity contribution in [3.8, 4) is 0 Å². The van der Waals surface area contributed by atoms with Crippen LogP contribution < -0.4 is 11.1 Å². The van der Waals surface area contributed by atoms with Crippen LogP contribution in [0.25, 0.3) is 0 Å². The average Bonchev–Trinajstić information content (AvgIpc) is 2.88. The molecular weight excluding hydrogens is 378 g/mol. The van der Waals surface area contributed by atoms with E-state index in [1.54, 1.807) is 23.1 Å². The lowest BCUT2D eigenvalue weighted by atomic mass is 10.1. The summed E-state index contributed by atoms with van der Waals surface area (Å²) in [6.07, 6.45) is -3.67. The highest BCUT2D eigenvalue weighted by atomic mass is 35.5. The standard InChI is InChI=1S/C16H22F3N3O.2ClH/c1-11-7-12(8-20)10-22(11)14(23)9-21-15(16(17,18)19)13-5-3-2-4-6-13;;/h2-6,11-12,15,21H,7-10,20H2,1H3;2*1H. The molecule has 3 unspecified atom stereocenters. The van der Waals surface area contributed by atoms with Gasteiger partial charge < -0.3 is 10.6 Å². The van der Waals surface area contributed by atoms with Crippen LogP contribution in [-0.4, -0.2) is 42.7 Å². The third-order valence-electron chi connectivity index (χ3n) is 4.23. The zero-order valence-electron chi connectivity index (χ0n) is 13.8. The van der Waals surface area contributed by atoms with Gasteiger partial charge in [-0.2, -0.15) is 13.2 Å². The molecule has 2 rings (SSSR count). The molecule has 25 heavy (non-hydrogen) atoms. The molecule has 144 valence electrons. The number of amides is 1. The molecule has 1 aliphatic rings. The Morgan fingerprint density at radius 2 is 1.92 bits per heavy atom. The fraction of sp³-hybridized carbons (Fsp3) is 0.562. The summed E-state index contributed by atoms with van der Waals surface area (Å²) in [5, 5.41) is 2.36. The minimum absolute atomic E-state index is 0. The summed E-state index contributed by atoms with van der Waals surface area (Å²) in [4.78, 5) is 13.8. The number of nitrogens with one attached hydrogen (secondary N) is 1. The summed E-state index contributed by atoms with van der Waals surface area (Å²) >= 11 is 0. The minimum Gasteiger partial charge on any atom is -0.339 e. The Hall–Kier alpha value is -1.02. The summed E-state index contributed by atoms with van der Waals surface area (Å²) in [5.41, 5.74) is 5.71. The fourth-order valence-corrected chi connectivity index (χ4v) is 3.02. The van der Waals surface area contributed by atoms with Crippen molar-refractivity contribution in [3.05, 3.63) is 35.9 Å². The molecular formula is C16H24Cl2F3N3O. The van der Waals surface area contributed by atoms with Gasteiger partial charge in [0.05, 0.1) is 6.54 Å². The van der Waals surface area contributed by atoms with E-state index in [9.17, 15) is 18.0 Å². The van der Waals surface area contributed by atoms with Crippen molar-refractivity contribution in [2.24, 2.45) is 11.7 Å². The third kappa shape index (κ3) is 6.33. The van der Waals surface area contributed by atoms with E-state index in [0.29, 0.717) is 13.1 Å². The summed E-state index contributed by atoms with van der Waals surface area (Å²) in [6, 6.07) is 5.71. The lowest BCUT2D eigenvalue weighted by Crippen LogP contribution is -2.44. The van der Waals surface area contributed by atoms with Crippen molar-refractivity contribution in [1.29, 1.82) is 0 Å². The van der Waals surface area contributed by atoms with Crippen molar-refractivity contribution in [2.75, 3.05) is 19.6 Å². The molecule has 3 atom stereocenters. The monoisotopic (exact) mass is 401 g/mol. The van der Waals surface area contributed by atoms with Crippen molar-refractivity contribution < 1.29 is 18.0 Å². The normalized spacial score (nSPS) is 21.2. The number of hydrogen-bond donors (Lipinski definition) is 2. The van der Waals surface area contributed by atoms with Gasteiger partial charge in [-0.3, -0.25) is 10.1 Å². The summed E-state index contributed by atoms with van der Waals surface area (Å²) in [5.74, 6) is -0.0971. The summed E-state index contributed by atoms with van der Waals surface area (Å²) in [6.45, 7) is 2.55. The van der Waals surface area contributed by atoms with Crippen molar-refractivity contribution >= 4 is 30.7 Å². The summed E-state index contributed by atoms with van der Waals surface area (Å²) in [7, 11) is 0. The number of halogens is 5. The third-order valence-corrected chi connectivity index (χ3v) is 4.23. The number of benzene rings is 1. The van der Waals surface area contributed by atoms with Crippen molar-refractivity contribution in [3.63, 3.8) is 0 Å². The van der Waals surface area contributed by atoms with Gasteiger partial charge in [0.25, 0.3) is 0 Å². The Bertz CT molecular complexity index is 531.